The fourth-order valence-corrected chi connectivity index (χ4v) is 8.19. The first-order chi connectivity index (χ1) is 25.0. The summed E-state index contributed by atoms with van der Waals surface area (Å²) >= 11 is 0. The molecule has 6 rings (SSSR count). The van der Waals surface area contributed by atoms with E-state index in [1.54, 1.807) is 0 Å². The summed E-state index contributed by atoms with van der Waals surface area (Å²) in [6.07, 6.45) is 2.72. The Hall–Kier alpha value is -4.67. The second-order valence-electron chi connectivity index (χ2n) is 12.5. The molecule has 0 spiro atoms. The largest absolute Gasteiger partial charge is 0.507 e. The number of unbranched alkanes of at least 4 members (excludes halogenated alkanes) is 1. The van der Waals surface area contributed by atoms with E-state index in [0.717, 1.165) is 5.57 Å². The van der Waals surface area contributed by atoms with Gasteiger partial charge in [0.05, 0.1) is 83.2 Å². The molecule has 0 fully saturated rings. The summed E-state index contributed by atoms with van der Waals surface area (Å²) in [4.78, 5) is 28.4. The van der Waals surface area contributed by atoms with E-state index in [1.807, 2.05) is 13.0 Å². The monoisotopic (exact) mass is 739 g/mol. The van der Waals surface area contributed by atoms with Crippen molar-refractivity contribution in [2.45, 2.75) is 26.2 Å². The molecule has 0 aliphatic heterocycles. The van der Waals surface area contributed by atoms with Crippen molar-refractivity contribution in [1.82, 2.24) is 0 Å². The van der Waals surface area contributed by atoms with Crippen LogP contribution in [0, 0.1) is 0 Å². The van der Waals surface area contributed by atoms with Gasteiger partial charge in [-0.05, 0) is 37.1 Å². The van der Waals surface area contributed by atoms with E-state index in [2.05, 4.69) is 5.32 Å². The number of phenols is 2. The zero-order chi connectivity index (χ0) is 37.3. The average molecular weight is 740 g/mol. The molecule has 52 heavy (non-hydrogen) atoms. The minimum atomic E-state index is -3.83. The molecule has 5 aromatic carbocycles. The topological polar surface area (TPSA) is 196 Å². The number of allylic oxidation sites excluding steroid dienone is 1. The molecule has 0 bridgehead atoms. The SMILES string of the molecule is COc1c2c3c4c(c(NCCCCS(=O)(=O)OCCOCCOCCO)c(=O)c5c(O)cc(OC)c(c6c(OC)cc(O)c(c1=O)c63)c54)CC(C)=C2. The third-order valence-electron chi connectivity index (χ3n) is 9.26. The van der Waals surface area contributed by atoms with Gasteiger partial charge in [0.25, 0.3) is 10.1 Å². The average Bonchev–Trinajstić information content (AvgIpc) is 3.26. The predicted octanol–water partition coefficient (Wildman–Crippen LogP) is 3.86. The molecule has 0 radical (unpaired) electrons. The van der Waals surface area contributed by atoms with Crippen LogP contribution in [0.25, 0.3) is 49.2 Å². The molecule has 15 heteroatoms. The van der Waals surface area contributed by atoms with Crippen LogP contribution in [0.2, 0.25) is 0 Å². The van der Waals surface area contributed by atoms with Gasteiger partial charge in [-0.3, -0.25) is 13.8 Å². The number of benzene rings is 5. The quantitative estimate of drug-likeness (QED) is 0.0438. The van der Waals surface area contributed by atoms with Crippen LogP contribution < -0.4 is 30.4 Å². The number of fused-ring (bicyclic) bond motifs is 1. The Morgan fingerprint density at radius 2 is 1.33 bits per heavy atom. The minimum Gasteiger partial charge on any atom is -0.507 e. The predicted molar refractivity (Wildman–Crippen MR) is 198 cm³/mol. The fraction of sp³-hybridized carbons (Fsp3) is 0.405. The Morgan fingerprint density at radius 1 is 0.731 bits per heavy atom. The van der Waals surface area contributed by atoms with Crippen LogP contribution in [-0.4, -0.2) is 97.0 Å². The lowest BCUT2D eigenvalue weighted by Gasteiger charge is -2.23. The van der Waals surface area contributed by atoms with Gasteiger partial charge in [-0.1, -0.05) is 11.6 Å². The summed E-state index contributed by atoms with van der Waals surface area (Å²) in [6.45, 7) is 2.63. The van der Waals surface area contributed by atoms with Gasteiger partial charge in [0.1, 0.15) is 23.0 Å². The van der Waals surface area contributed by atoms with Gasteiger partial charge < -0.3 is 44.3 Å². The van der Waals surface area contributed by atoms with Gasteiger partial charge in [-0.2, -0.15) is 8.42 Å². The highest BCUT2D eigenvalue weighted by molar-refractivity contribution is 7.86. The Morgan fingerprint density at radius 3 is 1.94 bits per heavy atom. The lowest BCUT2D eigenvalue weighted by Crippen LogP contribution is -2.19. The third kappa shape index (κ3) is 6.47. The number of phenolic OH excluding ortho intramolecular Hbond substituents is 2. The number of anilines is 1. The number of ether oxygens (including phenoxy) is 5. The first-order valence-electron chi connectivity index (χ1n) is 16.8. The van der Waals surface area contributed by atoms with E-state index in [1.165, 1.54) is 33.5 Å². The summed E-state index contributed by atoms with van der Waals surface area (Å²) in [5, 5.41) is 37.4. The maximum atomic E-state index is 14.4. The number of nitrogens with one attached hydrogen (secondary N) is 1. The number of aliphatic hydroxyl groups is 1. The van der Waals surface area contributed by atoms with Crippen LogP contribution in [0.1, 0.15) is 30.9 Å². The fourth-order valence-electron chi connectivity index (χ4n) is 7.19. The number of hydrogen-bond acceptors (Lipinski definition) is 14. The molecule has 5 aromatic rings. The molecule has 0 unspecified atom stereocenters. The van der Waals surface area contributed by atoms with Crippen LogP contribution >= 0.6 is 0 Å². The van der Waals surface area contributed by atoms with Gasteiger partial charge in [0.15, 0.2) is 5.75 Å². The Labute approximate surface area is 298 Å². The minimum absolute atomic E-state index is 0.0157. The molecule has 1 aliphatic carbocycles. The molecular formula is C37H41NO13S. The molecule has 0 amide bonds. The third-order valence-corrected chi connectivity index (χ3v) is 10.6. The van der Waals surface area contributed by atoms with Crippen LogP contribution in [-0.2, 0) is 30.2 Å². The van der Waals surface area contributed by atoms with Crippen LogP contribution in [0.5, 0.6) is 28.7 Å². The van der Waals surface area contributed by atoms with E-state index in [9.17, 15) is 28.2 Å². The Balaban J connectivity index is 1.41. The van der Waals surface area contributed by atoms with Crippen molar-refractivity contribution < 1.29 is 51.6 Å². The molecule has 0 atom stereocenters. The molecule has 0 heterocycles. The zero-order valence-electron chi connectivity index (χ0n) is 29.3. The highest BCUT2D eigenvalue weighted by Gasteiger charge is 2.32. The smallest absolute Gasteiger partial charge is 0.267 e. The number of aromatic hydroxyl groups is 2. The second-order valence-corrected chi connectivity index (χ2v) is 14.2. The highest BCUT2D eigenvalue weighted by Crippen LogP contribution is 2.54. The van der Waals surface area contributed by atoms with E-state index in [0.29, 0.717) is 49.9 Å². The summed E-state index contributed by atoms with van der Waals surface area (Å²) in [7, 11) is 0.426. The van der Waals surface area contributed by atoms with Crippen molar-refractivity contribution in [2.75, 3.05) is 78.6 Å². The van der Waals surface area contributed by atoms with Gasteiger partial charge >= 0.3 is 0 Å². The van der Waals surface area contributed by atoms with Gasteiger partial charge in [0, 0.05) is 51.2 Å². The standard InChI is InChI=1S/C37H41NO13S/c1-19-15-20-26-27-21(16-19)37(48-4)36(43)29-23(41)18-25(47-3)31(33(27)29)30-24(46-2)17-22(40)28(32(26)30)35(42)34(20)38-7-5-6-14-52(44,45)51-13-12-50-11-10-49-9-8-39/h16-18,38-41H,5-15H2,1-4H3. The van der Waals surface area contributed by atoms with E-state index in [4.69, 9.17) is 33.0 Å². The van der Waals surface area contributed by atoms with Crippen molar-refractivity contribution >= 4 is 65.0 Å². The first kappa shape index (κ1) is 37.1. The van der Waals surface area contributed by atoms with Crippen molar-refractivity contribution in [3.8, 4) is 28.7 Å². The van der Waals surface area contributed by atoms with Crippen molar-refractivity contribution in [1.29, 1.82) is 0 Å². The molecule has 278 valence electrons. The zero-order valence-corrected chi connectivity index (χ0v) is 30.2. The number of aliphatic hydroxyl groups excluding tert-OH is 1. The lowest BCUT2D eigenvalue weighted by molar-refractivity contribution is 0.0252. The first-order valence-corrected chi connectivity index (χ1v) is 18.4. The normalized spacial score (nSPS) is 13.1. The maximum Gasteiger partial charge on any atom is 0.267 e. The van der Waals surface area contributed by atoms with E-state index >= 15 is 0 Å². The summed E-state index contributed by atoms with van der Waals surface area (Å²) < 4.78 is 57.5. The summed E-state index contributed by atoms with van der Waals surface area (Å²) in [5.74, 6) is -0.359. The van der Waals surface area contributed by atoms with Crippen LogP contribution in [0.4, 0.5) is 5.69 Å². The lowest BCUT2D eigenvalue weighted by atomic mass is 9.83. The highest BCUT2D eigenvalue weighted by atomic mass is 32.2. The number of hydrogen-bond donors (Lipinski definition) is 4. The van der Waals surface area contributed by atoms with Crippen molar-refractivity contribution in [2.24, 2.45) is 0 Å². The van der Waals surface area contributed by atoms with Crippen LogP contribution in [0.15, 0.2) is 27.3 Å². The Kier molecular flexibility index (Phi) is 10.8. The van der Waals surface area contributed by atoms with Crippen molar-refractivity contribution in [3.63, 3.8) is 0 Å². The second kappa shape index (κ2) is 15.1. The summed E-state index contributed by atoms with van der Waals surface area (Å²) in [5.41, 5.74) is 1.13. The molecule has 0 saturated carbocycles. The molecular weight excluding hydrogens is 698 g/mol. The van der Waals surface area contributed by atoms with E-state index in [-0.39, 0.29) is 110 Å². The molecule has 4 N–H and O–H groups in total. The van der Waals surface area contributed by atoms with Crippen LogP contribution in [0.3, 0.4) is 0 Å². The molecule has 0 saturated heterocycles. The maximum absolute atomic E-state index is 14.4. The summed E-state index contributed by atoms with van der Waals surface area (Å²) in [6, 6.07) is 2.69. The molecule has 0 aromatic heterocycles. The Bertz CT molecular complexity index is 2410. The number of methoxy groups -OCH3 is 3. The molecule has 14 nitrogen and oxygen atoms in total. The van der Waals surface area contributed by atoms with Gasteiger partial charge in [-0.25, -0.2) is 0 Å². The number of rotatable bonds is 18. The van der Waals surface area contributed by atoms with Gasteiger partial charge in [0.2, 0.25) is 10.9 Å². The molecule has 1 aliphatic rings. The van der Waals surface area contributed by atoms with Gasteiger partial charge in [-0.15, -0.1) is 0 Å². The van der Waals surface area contributed by atoms with Crippen molar-refractivity contribution in [3.05, 3.63) is 49.3 Å². The van der Waals surface area contributed by atoms with E-state index < -0.39 is 21.0 Å².